The van der Waals surface area contributed by atoms with Crippen molar-refractivity contribution in [2.45, 2.75) is 32.9 Å². The molecular weight excluding hydrogens is 393 g/mol. The Labute approximate surface area is 169 Å². The Morgan fingerprint density at radius 1 is 1.27 bits per heavy atom. The maximum atomic E-state index is 12.1. The molecule has 0 aliphatic carbocycles. The molecule has 9 heteroatoms. The Kier molecular flexibility index (Phi) is 8.49. The third kappa shape index (κ3) is 4.73. The molecule has 0 fully saturated rings. The summed E-state index contributed by atoms with van der Waals surface area (Å²) in [7, 11) is 0. The van der Waals surface area contributed by atoms with Gasteiger partial charge >= 0.3 is 0 Å². The zero-order chi connectivity index (χ0) is 17.1. The molecule has 0 saturated heterocycles. The molecule has 3 N–H and O–H groups in total. The van der Waals surface area contributed by atoms with Crippen molar-refractivity contribution in [1.29, 1.82) is 0 Å². The number of aromatic nitrogens is 3. The lowest BCUT2D eigenvalue weighted by molar-refractivity contribution is 0.0949. The summed E-state index contributed by atoms with van der Waals surface area (Å²) in [5.74, 6) is 0.811. The molecule has 3 rings (SSSR count). The molecule has 0 aliphatic rings. The van der Waals surface area contributed by atoms with Crippen LogP contribution in [0.5, 0.6) is 0 Å². The quantitative estimate of drug-likeness (QED) is 0.645. The fourth-order valence-corrected chi connectivity index (χ4v) is 3.39. The van der Waals surface area contributed by atoms with Gasteiger partial charge in [-0.15, -0.1) is 36.2 Å². The van der Waals surface area contributed by atoms with E-state index < -0.39 is 0 Å². The summed E-state index contributed by atoms with van der Waals surface area (Å²) in [6.45, 7) is 5.15. The van der Waals surface area contributed by atoms with Crippen LogP contribution in [-0.4, -0.2) is 27.0 Å². The van der Waals surface area contributed by atoms with E-state index in [9.17, 15) is 4.79 Å². The number of fused-ring (bicyclic) bond motifs is 1. The maximum absolute atomic E-state index is 12.1. The number of carbonyl (C=O) groups is 1. The molecule has 0 atom stereocenters. The molecule has 142 valence electrons. The molecule has 0 unspecified atom stereocenters. The Morgan fingerprint density at radius 2 is 2.00 bits per heavy atom. The minimum absolute atomic E-state index is 0. The van der Waals surface area contributed by atoms with Crippen LogP contribution in [0.15, 0.2) is 29.6 Å². The Morgan fingerprint density at radius 3 is 2.65 bits per heavy atom. The molecule has 0 spiro atoms. The van der Waals surface area contributed by atoms with Crippen LogP contribution in [0.1, 0.15) is 41.2 Å². The van der Waals surface area contributed by atoms with E-state index in [2.05, 4.69) is 34.8 Å². The number of imidazole rings is 1. The average Bonchev–Trinajstić information content (AvgIpc) is 3.18. The van der Waals surface area contributed by atoms with Gasteiger partial charge < -0.3 is 15.6 Å². The minimum Gasteiger partial charge on any atom is -0.350 e. The number of hydrogen-bond donors (Lipinski definition) is 2. The van der Waals surface area contributed by atoms with Gasteiger partial charge in [-0.2, -0.15) is 0 Å². The first-order valence-electron chi connectivity index (χ1n) is 7.98. The fourth-order valence-electron chi connectivity index (χ4n) is 2.73. The van der Waals surface area contributed by atoms with Crippen molar-refractivity contribution in [1.82, 2.24) is 19.9 Å². The molecule has 6 nitrogen and oxygen atoms in total. The van der Waals surface area contributed by atoms with Crippen LogP contribution in [0.4, 0.5) is 0 Å². The van der Waals surface area contributed by atoms with Crippen molar-refractivity contribution in [3.8, 4) is 0 Å². The monoisotopic (exact) mass is 415 g/mol. The summed E-state index contributed by atoms with van der Waals surface area (Å²) >= 11 is 1.40. The molecule has 2 heterocycles. The Hall–Kier alpha value is -1.67. The second-order valence-corrected chi connectivity index (χ2v) is 6.76. The number of amides is 1. The summed E-state index contributed by atoms with van der Waals surface area (Å²) in [4.78, 5) is 21.0. The van der Waals surface area contributed by atoms with E-state index in [-0.39, 0.29) is 30.7 Å². The van der Waals surface area contributed by atoms with Crippen LogP contribution >= 0.6 is 36.2 Å². The highest BCUT2D eigenvalue weighted by molar-refractivity contribution is 7.09. The van der Waals surface area contributed by atoms with Gasteiger partial charge in [-0.3, -0.25) is 4.79 Å². The molecule has 0 radical (unpaired) electrons. The molecule has 0 saturated carbocycles. The van der Waals surface area contributed by atoms with Gasteiger partial charge in [0.25, 0.3) is 5.91 Å². The summed E-state index contributed by atoms with van der Waals surface area (Å²) < 4.78 is 2.22. The van der Waals surface area contributed by atoms with Crippen molar-refractivity contribution in [2.75, 3.05) is 6.54 Å². The minimum atomic E-state index is -0.168. The third-order valence-corrected chi connectivity index (χ3v) is 4.65. The van der Waals surface area contributed by atoms with Crippen LogP contribution < -0.4 is 11.1 Å². The number of rotatable bonds is 6. The highest BCUT2D eigenvalue weighted by Crippen LogP contribution is 2.21. The highest BCUT2D eigenvalue weighted by atomic mass is 35.5. The van der Waals surface area contributed by atoms with Crippen molar-refractivity contribution >= 4 is 53.1 Å². The molecule has 26 heavy (non-hydrogen) atoms. The number of nitrogens with one attached hydrogen (secondary N) is 1. The smallest absolute Gasteiger partial charge is 0.270 e. The summed E-state index contributed by atoms with van der Waals surface area (Å²) in [5.41, 5.74) is 8.07. The SMILES string of the molecule is CC(C)n1c(CCNC(=O)c2csc(CN)n2)nc2ccccc21.Cl.Cl. The lowest BCUT2D eigenvalue weighted by Crippen LogP contribution is -2.27. The first-order chi connectivity index (χ1) is 11.6. The molecule has 3 aromatic rings. The predicted octanol–water partition coefficient (Wildman–Crippen LogP) is 3.35. The number of nitrogens with two attached hydrogens (primary N) is 1. The van der Waals surface area contributed by atoms with Gasteiger partial charge in [-0.05, 0) is 26.0 Å². The van der Waals surface area contributed by atoms with Gasteiger partial charge in [0.2, 0.25) is 0 Å². The third-order valence-electron chi connectivity index (χ3n) is 3.78. The first kappa shape index (κ1) is 22.4. The predicted molar refractivity (Wildman–Crippen MR) is 111 cm³/mol. The number of benzene rings is 1. The second kappa shape index (κ2) is 9.87. The van der Waals surface area contributed by atoms with Crippen LogP contribution in [0.2, 0.25) is 0 Å². The average molecular weight is 416 g/mol. The van der Waals surface area contributed by atoms with Crippen LogP contribution in [0.3, 0.4) is 0 Å². The van der Waals surface area contributed by atoms with E-state index in [0.717, 1.165) is 21.9 Å². The molecule has 1 amide bonds. The van der Waals surface area contributed by atoms with E-state index in [4.69, 9.17) is 10.7 Å². The Balaban J connectivity index is 0.00000169. The second-order valence-electron chi connectivity index (χ2n) is 5.82. The molecule has 0 bridgehead atoms. The van der Waals surface area contributed by atoms with Crippen LogP contribution in [-0.2, 0) is 13.0 Å². The molecular formula is C17H23Cl2N5OS. The number of halogens is 2. The topological polar surface area (TPSA) is 85.8 Å². The van der Waals surface area contributed by atoms with Gasteiger partial charge in [0.15, 0.2) is 0 Å². The van der Waals surface area contributed by atoms with Crippen molar-refractivity contribution in [3.05, 3.63) is 46.2 Å². The molecule has 0 aliphatic heterocycles. The number of hydrogen-bond acceptors (Lipinski definition) is 5. The summed E-state index contributed by atoms with van der Waals surface area (Å²) in [6, 6.07) is 8.41. The zero-order valence-corrected chi connectivity index (χ0v) is 17.1. The summed E-state index contributed by atoms with van der Waals surface area (Å²) in [6.07, 6.45) is 0.673. The highest BCUT2D eigenvalue weighted by Gasteiger charge is 2.14. The van der Waals surface area contributed by atoms with Crippen molar-refractivity contribution in [2.24, 2.45) is 5.73 Å². The lowest BCUT2D eigenvalue weighted by atomic mass is 10.3. The molecule has 2 aromatic heterocycles. The maximum Gasteiger partial charge on any atom is 0.270 e. The number of carbonyl (C=O) groups excluding carboxylic acids is 1. The van der Waals surface area contributed by atoms with Gasteiger partial charge in [0.1, 0.15) is 16.5 Å². The molecule has 1 aromatic carbocycles. The van der Waals surface area contributed by atoms with Crippen molar-refractivity contribution < 1.29 is 4.79 Å². The van der Waals surface area contributed by atoms with E-state index >= 15 is 0 Å². The van der Waals surface area contributed by atoms with Gasteiger partial charge in [-0.1, -0.05) is 12.1 Å². The largest absolute Gasteiger partial charge is 0.350 e. The van der Waals surface area contributed by atoms with Gasteiger partial charge in [-0.25, -0.2) is 9.97 Å². The zero-order valence-electron chi connectivity index (χ0n) is 14.6. The standard InChI is InChI=1S/C17H21N5OS.2ClH/c1-11(2)22-14-6-4-3-5-12(14)20-15(22)7-8-19-17(23)13-10-24-16(9-18)21-13;;/h3-6,10-11H,7-9,18H2,1-2H3,(H,19,23);2*1H. The van der Waals surface area contributed by atoms with Crippen molar-refractivity contribution in [3.63, 3.8) is 0 Å². The van der Waals surface area contributed by atoms with Gasteiger partial charge in [0.05, 0.1) is 11.0 Å². The van der Waals surface area contributed by atoms with E-state index in [0.29, 0.717) is 31.2 Å². The summed E-state index contributed by atoms with van der Waals surface area (Å²) in [5, 5.41) is 5.41. The first-order valence-corrected chi connectivity index (χ1v) is 8.86. The number of thiazole rings is 1. The van der Waals surface area contributed by atoms with E-state index in [1.54, 1.807) is 5.38 Å². The lowest BCUT2D eigenvalue weighted by Gasteiger charge is -2.13. The van der Waals surface area contributed by atoms with Crippen LogP contribution in [0, 0.1) is 0 Å². The normalized spacial score (nSPS) is 10.5. The fraction of sp³-hybridized carbons (Fsp3) is 0.353. The Bertz CT molecular complexity index is 862. The van der Waals surface area contributed by atoms with E-state index in [1.807, 2.05) is 18.2 Å². The van der Waals surface area contributed by atoms with Gasteiger partial charge in [0, 0.05) is 30.9 Å². The number of nitrogens with zero attached hydrogens (tertiary/aromatic N) is 3. The van der Waals surface area contributed by atoms with E-state index in [1.165, 1.54) is 11.3 Å². The van der Waals surface area contributed by atoms with Crippen LogP contribution in [0.25, 0.3) is 11.0 Å². The number of para-hydroxylation sites is 2.